The summed E-state index contributed by atoms with van der Waals surface area (Å²) >= 11 is 0. The molecule has 0 radical (unpaired) electrons. The molecule has 2 N–H and O–H groups in total. The number of benzene rings is 1. The predicted molar refractivity (Wildman–Crippen MR) is 72.2 cm³/mol. The van der Waals surface area contributed by atoms with Crippen molar-refractivity contribution in [1.82, 2.24) is 10.2 Å². The average Bonchev–Trinajstić information content (AvgIpc) is 2.48. The van der Waals surface area contributed by atoms with Gasteiger partial charge in [0.2, 0.25) is 0 Å². The molecule has 1 aromatic carbocycles. The fourth-order valence-corrected chi connectivity index (χ4v) is 2.17. The number of piperazine rings is 1. The van der Waals surface area contributed by atoms with E-state index in [-0.39, 0.29) is 5.91 Å². The molecule has 1 aliphatic rings. The summed E-state index contributed by atoms with van der Waals surface area (Å²) < 4.78 is 5.07. The minimum absolute atomic E-state index is 0.183. The summed E-state index contributed by atoms with van der Waals surface area (Å²) in [6.45, 7) is 2.92. The first kappa shape index (κ1) is 13.8. The van der Waals surface area contributed by atoms with Crippen molar-refractivity contribution in [2.75, 3.05) is 33.3 Å². The number of carbonyl (C=O) groups excluding carboxylic acids is 1. The summed E-state index contributed by atoms with van der Waals surface area (Å²) in [4.78, 5) is 13.8. The van der Waals surface area contributed by atoms with Crippen LogP contribution in [0.2, 0.25) is 0 Å². The van der Waals surface area contributed by atoms with Crippen LogP contribution in [0.5, 0.6) is 5.75 Å². The second-order valence-corrected chi connectivity index (χ2v) is 4.64. The van der Waals surface area contributed by atoms with Crippen LogP contribution in [-0.2, 0) is 11.2 Å². The number of methoxy groups -OCH3 is 1. The molecule has 1 atom stereocenters. The molecule has 1 aliphatic heterocycles. The number of nitrogens with zero attached hydrogens (tertiary/aromatic N) is 1. The second kappa shape index (κ2) is 6.54. The van der Waals surface area contributed by atoms with E-state index in [0.717, 1.165) is 24.4 Å². The summed E-state index contributed by atoms with van der Waals surface area (Å²) in [6, 6.07) is 7.40. The molecule has 5 nitrogen and oxygen atoms in total. The van der Waals surface area contributed by atoms with Crippen molar-refractivity contribution in [3.8, 4) is 5.75 Å². The van der Waals surface area contributed by atoms with Crippen LogP contribution < -0.4 is 10.1 Å². The first-order chi connectivity index (χ1) is 9.20. The molecular weight excluding hydrogens is 244 g/mol. The maximum atomic E-state index is 12.0. The Kier molecular flexibility index (Phi) is 4.76. The van der Waals surface area contributed by atoms with Gasteiger partial charge in [0.15, 0.2) is 0 Å². The molecule has 1 saturated heterocycles. The zero-order valence-electron chi connectivity index (χ0n) is 11.1. The number of rotatable bonds is 4. The molecule has 0 aromatic heterocycles. The Labute approximate surface area is 113 Å². The number of nitrogens with one attached hydrogen (secondary N) is 1. The first-order valence-corrected chi connectivity index (χ1v) is 6.51. The van der Waals surface area contributed by atoms with Crippen molar-refractivity contribution in [3.63, 3.8) is 0 Å². The topological polar surface area (TPSA) is 61.8 Å². The molecule has 1 aromatic rings. The number of amides is 1. The van der Waals surface area contributed by atoms with Gasteiger partial charge in [-0.15, -0.1) is 0 Å². The van der Waals surface area contributed by atoms with Gasteiger partial charge in [0.25, 0.3) is 5.91 Å². The van der Waals surface area contributed by atoms with Crippen molar-refractivity contribution in [2.24, 2.45) is 0 Å². The van der Waals surface area contributed by atoms with E-state index >= 15 is 0 Å². The Hall–Kier alpha value is -1.59. The molecule has 1 fully saturated rings. The molecule has 2 rings (SSSR count). The number of hydrogen-bond acceptors (Lipinski definition) is 4. The zero-order chi connectivity index (χ0) is 13.7. The van der Waals surface area contributed by atoms with Crippen LogP contribution in [0.1, 0.15) is 5.56 Å². The quantitative estimate of drug-likeness (QED) is 0.805. The standard InChI is InChI=1S/C14H20N2O3/c1-19-12-4-2-11(3-5-12)10-13(17)14(18)16-8-6-15-7-9-16/h2-5,13,15,17H,6-10H2,1H3. The molecule has 5 heteroatoms. The summed E-state index contributed by atoms with van der Waals surface area (Å²) in [5.74, 6) is 0.587. The van der Waals surface area contributed by atoms with E-state index < -0.39 is 6.10 Å². The van der Waals surface area contributed by atoms with E-state index in [9.17, 15) is 9.90 Å². The molecule has 19 heavy (non-hydrogen) atoms. The Morgan fingerprint density at radius 3 is 2.58 bits per heavy atom. The number of carbonyl (C=O) groups is 1. The minimum atomic E-state index is -0.966. The molecule has 0 spiro atoms. The van der Waals surface area contributed by atoms with Crippen molar-refractivity contribution in [2.45, 2.75) is 12.5 Å². The molecule has 1 heterocycles. The largest absolute Gasteiger partial charge is 0.497 e. The number of aliphatic hydroxyl groups excluding tert-OH is 1. The van der Waals surface area contributed by atoms with Crippen LogP contribution in [-0.4, -0.2) is 55.3 Å². The van der Waals surface area contributed by atoms with Crippen LogP contribution in [0.15, 0.2) is 24.3 Å². The van der Waals surface area contributed by atoms with Gasteiger partial charge in [-0.25, -0.2) is 0 Å². The fourth-order valence-electron chi connectivity index (χ4n) is 2.17. The normalized spacial score (nSPS) is 17.1. The van der Waals surface area contributed by atoms with Gasteiger partial charge in [-0.05, 0) is 17.7 Å². The third-order valence-electron chi connectivity index (χ3n) is 3.30. The maximum Gasteiger partial charge on any atom is 0.251 e. The van der Waals surface area contributed by atoms with E-state index in [1.54, 1.807) is 12.0 Å². The van der Waals surface area contributed by atoms with Crippen molar-refractivity contribution < 1.29 is 14.6 Å². The Morgan fingerprint density at radius 1 is 1.37 bits per heavy atom. The molecule has 1 amide bonds. The smallest absolute Gasteiger partial charge is 0.251 e. The lowest BCUT2D eigenvalue weighted by Crippen LogP contribution is -2.50. The summed E-state index contributed by atoms with van der Waals surface area (Å²) in [7, 11) is 1.61. The summed E-state index contributed by atoms with van der Waals surface area (Å²) in [5.41, 5.74) is 0.928. The Bertz CT molecular complexity index is 413. The minimum Gasteiger partial charge on any atom is -0.497 e. The summed E-state index contributed by atoms with van der Waals surface area (Å²) in [6.07, 6.45) is -0.626. The number of hydrogen-bond donors (Lipinski definition) is 2. The van der Waals surface area contributed by atoms with E-state index in [4.69, 9.17) is 4.74 Å². The van der Waals surface area contributed by atoms with Gasteiger partial charge >= 0.3 is 0 Å². The van der Waals surface area contributed by atoms with Crippen LogP contribution in [0, 0.1) is 0 Å². The summed E-state index contributed by atoms with van der Waals surface area (Å²) in [5, 5.41) is 13.2. The van der Waals surface area contributed by atoms with Crippen LogP contribution in [0.4, 0.5) is 0 Å². The predicted octanol–water partition coefficient (Wildman–Crippen LogP) is 0.0304. The van der Waals surface area contributed by atoms with Crippen LogP contribution in [0.3, 0.4) is 0 Å². The molecule has 1 unspecified atom stereocenters. The Morgan fingerprint density at radius 2 is 2.00 bits per heavy atom. The van der Waals surface area contributed by atoms with Crippen molar-refractivity contribution >= 4 is 5.91 Å². The fraction of sp³-hybridized carbons (Fsp3) is 0.500. The molecular formula is C14H20N2O3. The highest BCUT2D eigenvalue weighted by Crippen LogP contribution is 2.13. The highest BCUT2D eigenvalue weighted by atomic mass is 16.5. The first-order valence-electron chi connectivity index (χ1n) is 6.51. The molecule has 0 saturated carbocycles. The van der Waals surface area contributed by atoms with E-state index in [1.807, 2.05) is 24.3 Å². The average molecular weight is 264 g/mol. The lowest BCUT2D eigenvalue weighted by molar-refractivity contribution is -0.140. The van der Waals surface area contributed by atoms with Gasteiger partial charge < -0.3 is 20.1 Å². The maximum absolute atomic E-state index is 12.0. The third kappa shape index (κ3) is 3.68. The lowest BCUT2D eigenvalue weighted by atomic mass is 10.1. The Balaban J connectivity index is 1.91. The van der Waals surface area contributed by atoms with Gasteiger partial charge in [-0.1, -0.05) is 12.1 Å². The SMILES string of the molecule is COc1ccc(CC(O)C(=O)N2CCNCC2)cc1. The van der Waals surface area contributed by atoms with Gasteiger partial charge in [0.1, 0.15) is 11.9 Å². The van der Waals surface area contributed by atoms with E-state index in [0.29, 0.717) is 19.5 Å². The van der Waals surface area contributed by atoms with Gasteiger partial charge in [0, 0.05) is 32.6 Å². The second-order valence-electron chi connectivity index (χ2n) is 4.64. The van der Waals surface area contributed by atoms with Gasteiger partial charge in [-0.3, -0.25) is 4.79 Å². The van der Waals surface area contributed by atoms with Crippen LogP contribution >= 0.6 is 0 Å². The van der Waals surface area contributed by atoms with Crippen molar-refractivity contribution in [1.29, 1.82) is 0 Å². The van der Waals surface area contributed by atoms with Crippen LogP contribution in [0.25, 0.3) is 0 Å². The van der Waals surface area contributed by atoms with E-state index in [2.05, 4.69) is 5.32 Å². The zero-order valence-corrected chi connectivity index (χ0v) is 11.1. The number of ether oxygens (including phenoxy) is 1. The highest BCUT2D eigenvalue weighted by Gasteiger charge is 2.23. The molecule has 104 valence electrons. The third-order valence-corrected chi connectivity index (χ3v) is 3.30. The molecule has 0 bridgehead atoms. The highest BCUT2D eigenvalue weighted by molar-refractivity contribution is 5.81. The van der Waals surface area contributed by atoms with Crippen molar-refractivity contribution in [3.05, 3.63) is 29.8 Å². The van der Waals surface area contributed by atoms with Gasteiger partial charge in [0.05, 0.1) is 7.11 Å². The lowest BCUT2D eigenvalue weighted by Gasteiger charge is -2.29. The molecule has 0 aliphatic carbocycles. The van der Waals surface area contributed by atoms with Gasteiger partial charge in [-0.2, -0.15) is 0 Å². The monoisotopic (exact) mass is 264 g/mol. The van der Waals surface area contributed by atoms with E-state index in [1.165, 1.54) is 0 Å². The number of aliphatic hydroxyl groups is 1.